The summed E-state index contributed by atoms with van der Waals surface area (Å²) >= 11 is 0. The monoisotopic (exact) mass is 556 g/mol. The normalized spacial score (nSPS) is 12.9. The van der Waals surface area contributed by atoms with Crippen molar-refractivity contribution in [3.63, 3.8) is 0 Å². The van der Waals surface area contributed by atoms with Crippen LogP contribution in [0.25, 0.3) is 11.1 Å². The maximum absolute atomic E-state index is 12.6. The summed E-state index contributed by atoms with van der Waals surface area (Å²) in [7, 11) is 1.54. The van der Waals surface area contributed by atoms with E-state index in [2.05, 4.69) is 41.5 Å². The van der Waals surface area contributed by atoms with E-state index in [0.29, 0.717) is 29.2 Å². The van der Waals surface area contributed by atoms with Gasteiger partial charge in [0.05, 0.1) is 18.3 Å². The maximum atomic E-state index is 12.6. The molecule has 40 heavy (non-hydrogen) atoms. The van der Waals surface area contributed by atoms with Crippen LogP contribution in [0.5, 0.6) is 5.75 Å². The van der Waals surface area contributed by atoms with Crippen LogP contribution in [0.2, 0.25) is 0 Å². The highest BCUT2D eigenvalue weighted by atomic mass is 19.4. The number of hydrogen-bond acceptors (Lipinski definition) is 8. The molecule has 0 atom stereocenters. The summed E-state index contributed by atoms with van der Waals surface area (Å²) < 4.78 is 43.3. The minimum Gasteiger partial charge on any atom is -0.406 e. The number of hydrogen-bond donors (Lipinski definition) is 4. The molecule has 0 saturated carbocycles. The molecule has 11 nitrogen and oxygen atoms in total. The van der Waals surface area contributed by atoms with Gasteiger partial charge in [0.25, 0.3) is 5.91 Å². The van der Waals surface area contributed by atoms with Crippen molar-refractivity contribution in [3.8, 4) is 16.9 Å². The molecule has 0 bridgehead atoms. The molecule has 0 fully saturated rings. The highest BCUT2D eigenvalue weighted by molar-refractivity contribution is 5.91. The van der Waals surface area contributed by atoms with Crippen molar-refractivity contribution in [2.24, 2.45) is 0 Å². The van der Waals surface area contributed by atoms with Crippen LogP contribution in [0.15, 0.2) is 72.5 Å². The van der Waals surface area contributed by atoms with Gasteiger partial charge in [-0.2, -0.15) is 0 Å². The zero-order chi connectivity index (χ0) is 28.5. The number of hydrazine groups is 1. The van der Waals surface area contributed by atoms with Gasteiger partial charge < -0.3 is 20.8 Å². The smallest absolute Gasteiger partial charge is 0.406 e. The zero-order valence-corrected chi connectivity index (χ0v) is 21.5. The third-order valence-corrected chi connectivity index (χ3v) is 5.72. The van der Waals surface area contributed by atoms with Crippen LogP contribution < -0.4 is 26.2 Å². The quantitative estimate of drug-likeness (QED) is 0.265. The van der Waals surface area contributed by atoms with Crippen molar-refractivity contribution in [1.29, 1.82) is 0 Å². The molecule has 4 rings (SSSR count). The Morgan fingerprint density at radius 2 is 1.90 bits per heavy atom. The maximum Gasteiger partial charge on any atom is 0.573 e. The number of halogens is 3. The van der Waals surface area contributed by atoms with E-state index in [1.807, 2.05) is 6.08 Å². The van der Waals surface area contributed by atoms with Gasteiger partial charge in [0.2, 0.25) is 5.91 Å². The summed E-state index contributed by atoms with van der Waals surface area (Å²) in [5.74, 6) is -0.466. The molecular formula is C26H27F3N8O3. The number of rotatable bonds is 11. The third-order valence-electron chi connectivity index (χ3n) is 5.72. The molecule has 0 spiro atoms. The van der Waals surface area contributed by atoms with Gasteiger partial charge in [0.1, 0.15) is 11.6 Å². The Labute approximate surface area is 227 Å². The van der Waals surface area contributed by atoms with E-state index < -0.39 is 6.36 Å². The first kappa shape index (κ1) is 28.1. The first-order valence-corrected chi connectivity index (χ1v) is 12.3. The highest BCUT2D eigenvalue weighted by Crippen LogP contribution is 2.28. The van der Waals surface area contributed by atoms with E-state index in [1.54, 1.807) is 35.2 Å². The topological polar surface area (TPSA) is 135 Å². The van der Waals surface area contributed by atoms with E-state index in [4.69, 9.17) is 0 Å². The second-order valence-corrected chi connectivity index (χ2v) is 8.76. The minimum atomic E-state index is -4.79. The Hall–Kier alpha value is -4.88. The Bertz CT molecular complexity index is 1420. The van der Waals surface area contributed by atoms with E-state index in [0.717, 1.165) is 25.0 Å². The van der Waals surface area contributed by atoms with Gasteiger partial charge >= 0.3 is 6.36 Å². The molecule has 0 unspecified atom stereocenters. The van der Waals surface area contributed by atoms with E-state index in [9.17, 15) is 22.8 Å². The first-order chi connectivity index (χ1) is 19.2. The van der Waals surface area contributed by atoms with Gasteiger partial charge in [0, 0.05) is 25.5 Å². The number of amides is 2. The molecule has 1 aliphatic heterocycles. The summed E-state index contributed by atoms with van der Waals surface area (Å²) in [6.07, 6.45) is 4.33. The van der Waals surface area contributed by atoms with Gasteiger partial charge in [-0.05, 0) is 66.8 Å². The Morgan fingerprint density at radius 3 is 2.65 bits per heavy atom. The number of carbonyl (C=O) groups is 2. The number of aryl methyl sites for hydroxylation is 1. The molecule has 3 aromatic rings. The number of ether oxygens (including phenoxy) is 1. The number of allylic oxidation sites excluding steroid dienone is 3. The first-order valence-electron chi connectivity index (χ1n) is 12.3. The van der Waals surface area contributed by atoms with Crippen molar-refractivity contribution >= 4 is 11.8 Å². The van der Waals surface area contributed by atoms with E-state index in [1.165, 1.54) is 31.4 Å². The molecule has 1 aromatic carbocycles. The number of pyridine rings is 1. The average Bonchev–Trinajstić information content (AvgIpc) is 3.40. The van der Waals surface area contributed by atoms with E-state index in [-0.39, 0.29) is 29.7 Å². The largest absolute Gasteiger partial charge is 0.573 e. The average molecular weight is 557 g/mol. The summed E-state index contributed by atoms with van der Waals surface area (Å²) in [6.45, 7) is 0.629. The molecule has 2 aromatic heterocycles. The number of nitrogens with one attached hydrogen (secondary N) is 4. The predicted octanol–water partition coefficient (Wildman–Crippen LogP) is 2.96. The summed E-state index contributed by atoms with van der Waals surface area (Å²) in [4.78, 5) is 28.3. The van der Waals surface area contributed by atoms with Gasteiger partial charge in [-0.15, -0.1) is 18.3 Å². The molecule has 0 aliphatic carbocycles. The lowest BCUT2D eigenvalue weighted by atomic mass is 10.1. The number of alkyl halides is 3. The van der Waals surface area contributed by atoms with Crippen molar-refractivity contribution in [2.75, 3.05) is 7.05 Å². The Morgan fingerprint density at radius 1 is 1.07 bits per heavy atom. The molecule has 2 amide bonds. The standard InChI is InChI=1S/C26H27F3N8O3/c1-30-25(39)22-16-37(36-34-22)12-3-2-6-19-8-9-23(35-33-19)32-24(38)15-20-13-18(10-11-31-20)17-5-4-7-21(14-17)40-26(27,28)29/h4-5,7-11,13-14,16,33,35H,2-3,6,12,15H2,1H3,(H,30,39)(H,32,38). The molecule has 1 aliphatic rings. The lowest BCUT2D eigenvalue weighted by molar-refractivity contribution is -0.274. The van der Waals surface area contributed by atoms with Crippen LogP contribution in [0.3, 0.4) is 0 Å². The molecule has 3 heterocycles. The van der Waals surface area contributed by atoms with Crippen molar-refractivity contribution < 1.29 is 27.5 Å². The Balaban J connectivity index is 1.24. The second-order valence-electron chi connectivity index (χ2n) is 8.76. The van der Waals surface area contributed by atoms with Crippen molar-refractivity contribution in [3.05, 3.63) is 83.8 Å². The fourth-order valence-corrected chi connectivity index (χ4v) is 3.85. The lowest BCUT2D eigenvalue weighted by Gasteiger charge is -2.20. The predicted molar refractivity (Wildman–Crippen MR) is 138 cm³/mol. The van der Waals surface area contributed by atoms with Crippen LogP contribution in [0.4, 0.5) is 13.2 Å². The van der Waals surface area contributed by atoms with Gasteiger partial charge in [-0.3, -0.25) is 24.7 Å². The number of benzene rings is 1. The molecule has 4 N–H and O–H groups in total. The van der Waals surface area contributed by atoms with Gasteiger partial charge in [-0.25, -0.2) is 0 Å². The molecular weight excluding hydrogens is 529 g/mol. The van der Waals surface area contributed by atoms with Crippen molar-refractivity contribution in [2.45, 2.75) is 38.6 Å². The lowest BCUT2D eigenvalue weighted by Crippen LogP contribution is -2.41. The van der Waals surface area contributed by atoms with Crippen LogP contribution in [0.1, 0.15) is 35.4 Å². The molecule has 0 radical (unpaired) electrons. The minimum absolute atomic E-state index is 0.0356. The van der Waals surface area contributed by atoms with Gasteiger partial charge in [-0.1, -0.05) is 17.3 Å². The van der Waals surface area contributed by atoms with Crippen LogP contribution in [0, 0.1) is 0 Å². The SMILES string of the molecule is CNC(=O)c1cn(CCCCC2=CC=C(NC(=O)Cc3cc(-c4cccc(OC(F)(F)F)c4)ccn3)NN2)nn1. The summed E-state index contributed by atoms with van der Waals surface area (Å²) in [6, 6.07) is 8.88. The number of unbranched alkanes of at least 4 members (excludes halogenated alkanes) is 1. The Kier molecular flexibility index (Phi) is 8.99. The van der Waals surface area contributed by atoms with Crippen LogP contribution in [-0.4, -0.2) is 45.2 Å². The number of nitrogens with zero attached hydrogens (tertiary/aromatic N) is 4. The molecule has 210 valence electrons. The second kappa shape index (κ2) is 12.8. The highest BCUT2D eigenvalue weighted by Gasteiger charge is 2.31. The summed E-state index contributed by atoms with van der Waals surface area (Å²) in [5, 5.41) is 13.0. The van der Waals surface area contributed by atoms with Crippen LogP contribution >= 0.6 is 0 Å². The molecule has 14 heteroatoms. The van der Waals surface area contributed by atoms with Crippen molar-refractivity contribution in [1.82, 2.24) is 41.5 Å². The fraction of sp³-hybridized carbons (Fsp3) is 0.269. The zero-order valence-electron chi connectivity index (χ0n) is 21.5. The number of aromatic nitrogens is 4. The fourth-order valence-electron chi connectivity index (χ4n) is 3.85. The molecule has 0 saturated heterocycles. The van der Waals surface area contributed by atoms with Crippen LogP contribution in [-0.2, 0) is 17.8 Å². The third kappa shape index (κ3) is 8.31. The van der Waals surface area contributed by atoms with Gasteiger partial charge in [0.15, 0.2) is 5.69 Å². The van der Waals surface area contributed by atoms with E-state index >= 15 is 0 Å². The summed E-state index contributed by atoms with van der Waals surface area (Å²) in [5.41, 5.74) is 8.76. The number of carbonyl (C=O) groups excluding carboxylic acids is 2.